The normalized spacial score (nSPS) is 21.0. The summed E-state index contributed by atoms with van der Waals surface area (Å²) >= 11 is 0. The first-order chi connectivity index (χ1) is 20.9. The van der Waals surface area contributed by atoms with E-state index >= 15 is 0 Å². The Morgan fingerprint density at radius 1 is 1.12 bits per heavy atom. The number of hydrogen-bond acceptors (Lipinski definition) is 8. The van der Waals surface area contributed by atoms with Crippen LogP contribution < -0.4 is 24.3 Å². The van der Waals surface area contributed by atoms with Crippen molar-refractivity contribution in [2.75, 3.05) is 27.1 Å². The van der Waals surface area contributed by atoms with Gasteiger partial charge in [-0.25, -0.2) is 0 Å². The average molecular weight is 583 g/mol. The van der Waals surface area contributed by atoms with E-state index in [9.17, 15) is 9.90 Å². The minimum absolute atomic E-state index is 0.0677. The lowest BCUT2D eigenvalue weighted by atomic mass is 9.78. The molecular formula is C34H34N2O7. The maximum atomic E-state index is 14.3. The molecular weight excluding hydrogens is 548 g/mol. The fraction of sp³-hybridized carbons (Fsp3) is 0.324. The number of amides is 1. The van der Waals surface area contributed by atoms with E-state index in [1.807, 2.05) is 55.2 Å². The van der Waals surface area contributed by atoms with E-state index in [0.29, 0.717) is 42.6 Å². The molecule has 222 valence electrons. The molecule has 0 saturated carbocycles. The van der Waals surface area contributed by atoms with Crippen LogP contribution >= 0.6 is 0 Å². The van der Waals surface area contributed by atoms with Crippen molar-refractivity contribution in [1.29, 1.82) is 0 Å². The van der Waals surface area contributed by atoms with Crippen LogP contribution in [-0.4, -0.2) is 49.1 Å². The smallest absolute Gasteiger partial charge is 0.244 e. The van der Waals surface area contributed by atoms with Crippen LogP contribution in [0, 0.1) is 13.8 Å². The first-order valence-corrected chi connectivity index (χ1v) is 14.4. The number of carbonyl (C=O) groups is 1. The zero-order valence-electron chi connectivity index (χ0n) is 24.4. The van der Waals surface area contributed by atoms with Gasteiger partial charge in [-0.1, -0.05) is 43.0 Å². The lowest BCUT2D eigenvalue weighted by molar-refractivity contribution is -0.138. The monoisotopic (exact) mass is 582 g/mol. The maximum absolute atomic E-state index is 14.3. The number of ether oxygens (including phenoxy) is 5. The van der Waals surface area contributed by atoms with Crippen molar-refractivity contribution in [3.63, 3.8) is 0 Å². The molecule has 0 unspecified atom stereocenters. The van der Waals surface area contributed by atoms with Gasteiger partial charge in [0.25, 0.3) is 0 Å². The van der Waals surface area contributed by atoms with Gasteiger partial charge in [0.15, 0.2) is 23.0 Å². The van der Waals surface area contributed by atoms with Crippen molar-refractivity contribution >= 4 is 12.0 Å². The third-order valence-electron chi connectivity index (χ3n) is 8.77. The van der Waals surface area contributed by atoms with Crippen molar-refractivity contribution in [3.8, 4) is 28.7 Å². The van der Waals surface area contributed by atoms with Gasteiger partial charge in [-0.15, -0.1) is 0 Å². The predicted molar refractivity (Wildman–Crippen MR) is 159 cm³/mol. The van der Waals surface area contributed by atoms with Gasteiger partial charge in [-0.2, -0.15) is 0 Å². The van der Waals surface area contributed by atoms with Crippen molar-refractivity contribution in [2.45, 2.75) is 45.0 Å². The van der Waals surface area contributed by atoms with Crippen LogP contribution in [0.5, 0.6) is 28.7 Å². The third-order valence-corrected chi connectivity index (χ3v) is 8.77. The Hall–Kier alpha value is -4.47. The molecule has 3 aromatic rings. The number of benzene rings is 3. The van der Waals surface area contributed by atoms with Crippen LogP contribution in [0.3, 0.4) is 0 Å². The van der Waals surface area contributed by atoms with Gasteiger partial charge in [0.2, 0.25) is 12.7 Å². The zero-order valence-corrected chi connectivity index (χ0v) is 24.4. The number of aromatic hydroxyl groups is 1. The number of nitrogens with one attached hydrogen (secondary N) is 1. The van der Waals surface area contributed by atoms with Crippen LogP contribution in [0.1, 0.15) is 51.0 Å². The van der Waals surface area contributed by atoms with E-state index in [1.54, 1.807) is 19.3 Å². The highest BCUT2D eigenvalue weighted by Crippen LogP contribution is 2.56. The Kier molecular flexibility index (Phi) is 6.79. The number of phenolic OH excluding ortho intramolecular Hbond substituents is 1. The first-order valence-electron chi connectivity index (χ1n) is 14.4. The number of nitrogens with zero attached hydrogens (tertiary/aromatic N) is 1. The fourth-order valence-corrected chi connectivity index (χ4v) is 6.97. The van der Waals surface area contributed by atoms with Gasteiger partial charge in [-0.05, 0) is 49.1 Å². The van der Waals surface area contributed by atoms with E-state index in [0.717, 1.165) is 44.6 Å². The quantitative estimate of drug-likeness (QED) is 0.358. The van der Waals surface area contributed by atoms with Gasteiger partial charge < -0.3 is 33.7 Å². The molecule has 2 N–H and O–H groups in total. The Morgan fingerprint density at radius 3 is 2.67 bits per heavy atom. The molecule has 7 rings (SSSR count). The third kappa shape index (κ3) is 4.25. The molecule has 0 radical (unpaired) electrons. The first kappa shape index (κ1) is 27.4. The second-order valence-corrected chi connectivity index (χ2v) is 11.2. The second-order valence-electron chi connectivity index (χ2n) is 11.2. The number of carbonyl (C=O) groups excluding carboxylic acids is 1. The number of hydrogen-bond donors (Lipinski definition) is 2. The van der Waals surface area contributed by atoms with Gasteiger partial charge in [0, 0.05) is 28.0 Å². The summed E-state index contributed by atoms with van der Waals surface area (Å²) in [6.45, 7) is 8.74. The highest BCUT2D eigenvalue weighted by atomic mass is 16.7. The molecule has 4 aliphatic heterocycles. The van der Waals surface area contributed by atoms with Crippen molar-refractivity contribution in [1.82, 2.24) is 10.2 Å². The van der Waals surface area contributed by atoms with Crippen LogP contribution in [0.25, 0.3) is 6.08 Å². The molecule has 3 atom stereocenters. The summed E-state index contributed by atoms with van der Waals surface area (Å²) in [4.78, 5) is 16.2. The summed E-state index contributed by atoms with van der Waals surface area (Å²) in [7, 11) is 1.55. The molecule has 1 saturated heterocycles. The van der Waals surface area contributed by atoms with Crippen LogP contribution in [0.2, 0.25) is 0 Å². The molecule has 4 aliphatic rings. The molecule has 43 heavy (non-hydrogen) atoms. The average Bonchev–Trinajstić information content (AvgIpc) is 3.50. The van der Waals surface area contributed by atoms with Crippen LogP contribution in [-0.2, 0) is 22.6 Å². The summed E-state index contributed by atoms with van der Waals surface area (Å²) in [5.74, 6) is 2.32. The van der Waals surface area contributed by atoms with Gasteiger partial charge >= 0.3 is 0 Å². The Morgan fingerprint density at radius 2 is 1.91 bits per heavy atom. The molecule has 1 amide bonds. The zero-order chi connectivity index (χ0) is 29.8. The number of phenols is 1. The van der Waals surface area contributed by atoms with Gasteiger partial charge in [0.1, 0.15) is 12.4 Å². The molecule has 3 aromatic carbocycles. The van der Waals surface area contributed by atoms with Gasteiger partial charge in [0.05, 0.1) is 38.4 Å². The van der Waals surface area contributed by atoms with E-state index < -0.39 is 12.1 Å². The van der Waals surface area contributed by atoms with Crippen LogP contribution in [0.15, 0.2) is 54.8 Å². The lowest BCUT2D eigenvalue weighted by Crippen LogP contribution is -2.60. The summed E-state index contributed by atoms with van der Waals surface area (Å²) in [6.07, 6.45) is 4.17. The molecule has 9 heteroatoms. The fourth-order valence-electron chi connectivity index (χ4n) is 6.97. The minimum atomic E-state index is -0.499. The number of fused-ring (bicyclic) bond motifs is 9. The summed E-state index contributed by atoms with van der Waals surface area (Å²) in [5.41, 5.74) is 7.02. The lowest BCUT2D eigenvalue weighted by Gasteiger charge is -2.50. The van der Waals surface area contributed by atoms with E-state index in [-0.39, 0.29) is 31.1 Å². The maximum Gasteiger partial charge on any atom is 0.244 e. The highest BCUT2D eigenvalue weighted by Gasteiger charge is 2.50. The summed E-state index contributed by atoms with van der Waals surface area (Å²) in [6, 6.07) is 10.4. The van der Waals surface area contributed by atoms with Gasteiger partial charge in [-0.3, -0.25) is 10.1 Å². The van der Waals surface area contributed by atoms with Crippen molar-refractivity contribution in [3.05, 3.63) is 93.7 Å². The standard InChI is InChI=1S/C34H34N2O7/c1-5-11-41-30-19(3)32-33(43-17-42-32)28-22(30)14-24-29-27-18(2)31(39-4)26(37)13-21(27)12-23(35-29)34(38)36(24)25(28)16-40-15-20-9-7-6-8-10-20/h5-10,13-14,23,25,29,35,37H,1,11-12,15-17H2,2-4H3/t23-,25+,29-/m1/s1. The number of rotatable bonds is 8. The summed E-state index contributed by atoms with van der Waals surface area (Å²) in [5, 5.41) is 14.3. The SMILES string of the molecule is C=CCOc1c(C)c2c(c3c1C=C1[C@H]4N[C@H](Cc5cc(O)c(OC)c(C)c54)C(=O)N1[C@H]3COCc1ccccc1)OCO2. The topological polar surface area (TPSA) is 98.7 Å². The number of methoxy groups -OCH3 is 1. The van der Waals surface area contributed by atoms with Crippen LogP contribution in [0.4, 0.5) is 0 Å². The highest BCUT2D eigenvalue weighted by molar-refractivity contribution is 5.91. The molecule has 0 aromatic heterocycles. The Labute approximate surface area is 250 Å². The van der Waals surface area contributed by atoms with Crippen molar-refractivity contribution in [2.24, 2.45) is 0 Å². The van der Waals surface area contributed by atoms with E-state index in [2.05, 4.69) is 11.9 Å². The Balaban J connectivity index is 1.42. The van der Waals surface area contributed by atoms with E-state index in [4.69, 9.17) is 23.7 Å². The van der Waals surface area contributed by atoms with Crippen molar-refractivity contribution < 1.29 is 33.6 Å². The molecule has 1 fully saturated rings. The Bertz CT molecular complexity index is 1670. The molecule has 2 bridgehead atoms. The largest absolute Gasteiger partial charge is 0.504 e. The molecule has 9 nitrogen and oxygen atoms in total. The minimum Gasteiger partial charge on any atom is -0.504 e. The second kappa shape index (κ2) is 10.7. The van der Waals surface area contributed by atoms with E-state index in [1.165, 1.54) is 0 Å². The predicted octanol–water partition coefficient (Wildman–Crippen LogP) is 5.02. The molecule has 0 aliphatic carbocycles. The number of piperazine rings is 1. The summed E-state index contributed by atoms with van der Waals surface area (Å²) < 4.78 is 30.2. The molecule has 0 spiro atoms. The molecule has 4 heterocycles.